The van der Waals surface area contributed by atoms with Crippen LogP contribution in [0.4, 0.5) is 0 Å². The normalized spacial score (nSPS) is 24.6. The van der Waals surface area contributed by atoms with Crippen molar-refractivity contribution in [1.82, 2.24) is 10.2 Å². The van der Waals surface area contributed by atoms with E-state index < -0.39 is 0 Å². The highest BCUT2D eigenvalue weighted by atomic mass is 35.5. The zero-order valence-corrected chi connectivity index (χ0v) is 17.9. The molecule has 1 unspecified atom stereocenters. The van der Waals surface area contributed by atoms with E-state index in [1.54, 1.807) is 0 Å². The van der Waals surface area contributed by atoms with Gasteiger partial charge in [0.2, 0.25) is 5.91 Å². The Hall–Kier alpha value is -1.10. The number of morpholine rings is 1. The summed E-state index contributed by atoms with van der Waals surface area (Å²) in [5, 5.41) is 4.01. The standard InChI is InChI=1S/C23H35ClN2O2/c1-2-3-4-18-5-7-20(8-6-18)23(27)25-17-22(26-13-15-28-16-14-26)19-9-11-21(24)12-10-19/h9-12,18,20,22H,2-8,13-17H2,1H3,(H,25,27). The van der Waals surface area contributed by atoms with Crippen LogP contribution in [0, 0.1) is 11.8 Å². The van der Waals surface area contributed by atoms with Crippen LogP contribution in [0.15, 0.2) is 24.3 Å². The molecule has 1 aromatic carbocycles. The Morgan fingerprint density at radius 3 is 2.50 bits per heavy atom. The van der Waals surface area contributed by atoms with Crippen LogP contribution < -0.4 is 5.32 Å². The molecule has 1 saturated heterocycles. The maximum Gasteiger partial charge on any atom is 0.223 e. The first-order valence-corrected chi connectivity index (χ1v) is 11.4. The molecule has 1 saturated carbocycles. The molecule has 1 heterocycles. The third kappa shape index (κ3) is 6.20. The van der Waals surface area contributed by atoms with Crippen LogP contribution in [0.3, 0.4) is 0 Å². The van der Waals surface area contributed by atoms with Gasteiger partial charge in [-0.15, -0.1) is 0 Å². The second kappa shape index (κ2) is 11.2. The Bertz CT molecular complexity index is 593. The number of unbranched alkanes of at least 4 members (excludes halogenated alkanes) is 1. The fraction of sp³-hybridized carbons (Fsp3) is 0.696. The Kier molecular flexibility index (Phi) is 8.63. The van der Waals surface area contributed by atoms with Crippen molar-refractivity contribution in [2.75, 3.05) is 32.8 Å². The first-order chi connectivity index (χ1) is 13.7. The molecule has 0 radical (unpaired) electrons. The van der Waals surface area contributed by atoms with E-state index in [1.807, 2.05) is 12.1 Å². The second-order valence-corrected chi connectivity index (χ2v) is 8.76. The lowest BCUT2D eigenvalue weighted by atomic mass is 9.79. The first-order valence-electron chi connectivity index (χ1n) is 11.0. The lowest BCUT2D eigenvalue weighted by molar-refractivity contribution is -0.126. The van der Waals surface area contributed by atoms with E-state index in [-0.39, 0.29) is 17.9 Å². The number of carbonyl (C=O) groups excluding carboxylic acids is 1. The van der Waals surface area contributed by atoms with Gasteiger partial charge in [-0.05, 0) is 49.3 Å². The minimum absolute atomic E-state index is 0.172. The number of ether oxygens (including phenoxy) is 1. The van der Waals surface area contributed by atoms with Gasteiger partial charge in [0, 0.05) is 30.6 Å². The average molecular weight is 407 g/mol. The van der Waals surface area contributed by atoms with Crippen LogP contribution in [0.5, 0.6) is 0 Å². The summed E-state index contributed by atoms with van der Waals surface area (Å²) >= 11 is 6.07. The Morgan fingerprint density at radius 2 is 1.86 bits per heavy atom. The average Bonchev–Trinajstić information content (AvgIpc) is 2.74. The van der Waals surface area contributed by atoms with E-state index in [2.05, 4.69) is 29.3 Å². The number of amides is 1. The molecule has 2 fully saturated rings. The van der Waals surface area contributed by atoms with E-state index in [9.17, 15) is 4.79 Å². The van der Waals surface area contributed by atoms with Gasteiger partial charge in [0.25, 0.3) is 0 Å². The molecule has 1 N–H and O–H groups in total. The minimum Gasteiger partial charge on any atom is -0.379 e. The minimum atomic E-state index is 0.172. The summed E-state index contributed by atoms with van der Waals surface area (Å²) in [6, 6.07) is 8.19. The number of nitrogens with one attached hydrogen (secondary N) is 1. The van der Waals surface area contributed by atoms with Crippen LogP contribution in [-0.4, -0.2) is 43.7 Å². The maximum absolute atomic E-state index is 12.8. The number of carbonyl (C=O) groups is 1. The van der Waals surface area contributed by atoms with E-state index in [4.69, 9.17) is 16.3 Å². The van der Waals surface area contributed by atoms with Crippen molar-refractivity contribution in [2.45, 2.75) is 57.9 Å². The fourth-order valence-corrected chi connectivity index (χ4v) is 4.71. The van der Waals surface area contributed by atoms with Gasteiger partial charge in [-0.25, -0.2) is 0 Å². The van der Waals surface area contributed by atoms with Crippen LogP contribution in [0.25, 0.3) is 0 Å². The van der Waals surface area contributed by atoms with Crippen molar-refractivity contribution in [3.05, 3.63) is 34.9 Å². The van der Waals surface area contributed by atoms with Crippen molar-refractivity contribution in [2.24, 2.45) is 11.8 Å². The van der Waals surface area contributed by atoms with Gasteiger partial charge in [0.05, 0.1) is 19.3 Å². The first kappa shape index (κ1) is 21.6. The van der Waals surface area contributed by atoms with Crippen LogP contribution >= 0.6 is 11.6 Å². The molecule has 5 heteroatoms. The van der Waals surface area contributed by atoms with Gasteiger partial charge < -0.3 is 10.1 Å². The largest absolute Gasteiger partial charge is 0.379 e. The Balaban J connectivity index is 1.54. The monoisotopic (exact) mass is 406 g/mol. The van der Waals surface area contributed by atoms with Gasteiger partial charge in [-0.3, -0.25) is 9.69 Å². The molecule has 1 aromatic rings. The van der Waals surface area contributed by atoms with Crippen LogP contribution in [0.2, 0.25) is 5.02 Å². The topological polar surface area (TPSA) is 41.6 Å². The van der Waals surface area contributed by atoms with E-state index >= 15 is 0 Å². The Morgan fingerprint density at radius 1 is 1.18 bits per heavy atom. The highest BCUT2D eigenvalue weighted by Crippen LogP contribution is 2.32. The van der Waals surface area contributed by atoms with Crippen molar-refractivity contribution in [1.29, 1.82) is 0 Å². The number of hydrogen-bond donors (Lipinski definition) is 1. The van der Waals surface area contributed by atoms with Crippen molar-refractivity contribution in [3.63, 3.8) is 0 Å². The summed E-state index contributed by atoms with van der Waals surface area (Å²) in [7, 11) is 0. The summed E-state index contributed by atoms with van der Waals surface area (Å²) in [6.45, 7) is 6.19. The number of rotatable bonds is 8. The number of benzene rings is 1. The van der Waals surface area contributed by atoms with Gasteiger partial charge >= 0.3 is 0 Å². The third-order valence-corrected chi connectivity index (χ3v) is 6.65. The van der Waals surface area contributed by atoms with Crippen LogP contribution in [-0.2, 0) is 9.53 Å². The van der Waals surface area contributed by atoms with E-state index in [0.717, 1.165) is 50.1 Å². The fourth-order valence-electron chi connectivity index (χ4n) is 4.58. The molecule has 0 spiro atoms. The second-order valence-electron chi connectivity index (χ2n) is 8.32. The number of halogens is 1. The molecule has 156 valence electrons. The summed E-state index contributed by atoms with van der Waals surface area (Å²) in [5.41, 5.74) is 1.20. The van der Waals surface area contributed by atoms with Crippen LogP contribution in [0.1, 0.15) is 63.5 Å². The molecule has 0 bridgehead atoms. The molecule has 1 aliphatic carbocycles. The Labute approximate surface area is 175 Å². The lowest BCUT2D eigenvalue weighted by Gasteiger charge is -2.35. The highest BCUT2D eigenvalue weighted by molar-refractivity contribution is 6.30. The predicted octanol–water partition coefficient (Wildman–Crippen LogP) is 4.83. The summed E-state index contributed by atoms with van der Waals surface area (Å²) in [5.74, 6) is 1.26. The third-order valence-electron chi connectivity index (χ3n) is 6.39. The summed E-state index contributed by atoms with van der Waals surface area (Å²) in [6.07, 6.45) is 8.44. The number of hydrogen-bond acceptors (Lipinski definition) is 3. The molecule has 1 aliphatic heterocycles. The van der Waals surface area contributed by atoms with Crippen molar-refractivity contribution < 1.29 is 9.53 Å². The quantitative estimate of drug-likeness (QED) is 0.672. The lowest BCUT2D eigenvalue weighted by Crippen LogP contribution is -2.45. The molecule has 0 aromatic heterocycles. The van der Waals surface area contributed by atoms with Gasteiger partial charge in [-0.2, -0.15) is 0 Å². The summed E-state index contributed by atoms with van der Waals surface area (Å²) in [4.78, 5) is 15.2. The van der Waals surface area contributed by atoms with Gasteiger partial charge in [0.15, 0.2) is 0 Å². The predicted molar refractivity (Wildman–Crippen MR) is 115 cm³/mol. The molecular formula is C23H35ClN2O2. The molecule has 4 nitrogen and oxygen atoms in total. The molecule has 3 rings (SSSR count). The molecule has 28 heavy (non-hydrogen) atoms. The molecule has 2 aliphatic rings. The van der Waals surface area contributed by atoms with Crippen molar-refractivity contribution >= 4 is 17.5 Å². The molecule has 1 amide bonds. The maximum atomic E-state index is 12.8. The smallest absolute Gasteiger partial charge is 0.223 e. The zero-order valence-electron chi connectivity index (χ0n) is 17.2. The van der Waals surface area contributed by atoms with E-state index in [0.29, 0.717) is 6.54 Å². The summed E-state index contributed by atoms with van der Waals surface area (Å²) < 4.78 is 5.51. The van der Waals surface area contributed by atoms with Gasteiger partial charge in [-0.1, -0.05) is 49.9 Å². The highest BCUT2D eigenvalue weighted by Gasteiger charge is 2.28. The SMILES string of the molecule is CCCCC1CCC(C(=O)NCC(c2ccc(Cl)cc2)N2CCOCC2)CC1. The van der Waals surface area contributed by atoms with Gasteiger partial charge in [0.1, 0.15) is 0 Å². The molecule has 1 atom stereocenters. The molecular weight excluding hydrogens is 372 g/mol. The van der Waals surface area contributed by atoms with E-state index in [1.165, 1.54) is 37.7 Å². The zero-order chi connectivity index (χ0) is 19.8. The number of nitrogens with zero attached hydrogens (tertiary/aromatic N) is 1. The van der Waals surface area contributed by atoms with Crippen molar-refractivity contribution in [3.8, 4) is 0 Å².